The van der Waals surface area contributed by atoms with Gasteiger partial charge in [0.15, 0.2) is 0 Å². The van der Waals surface area contributed by atoms with Crippen LogP contribution in [-0.2, 0) is 9.47 Å². The number of carbonyl (C=O) groups excluding carboxylic acids is 2. The second kappa shape index (κ2) is 6.37. The second-order valence-corrected chi connectivity index (χ2v) is 4.66. The van der Waals surface area contributed by atoms with Gasteiger partial charge in [-0.05, 0) is 24.3 Å². The molecule has 0 aromatic heterocycles. The summed E-state index contributed by atoms with van der Waals surface area (Å²) in [6.07, 6.45) is 0. The lowest BCUT2D eigenvalue weighted by Gasteiger charge is -2.13. The van der Waals surface area contributed by atoms with Gasteiger partial charge in [0, 0.05) is 10.8 Å². The van der Waals surface area contributed by atoms with E-state index in [1.807, 2.05) is 0 Å². The van der Waals surface area contributed by atoms with Crippen LogP contribution in [0.2, 0.25) is 0 Å². The van der Waals surface area contributed by atoms with Crippen LogP contribution >= 0.6 is 0 Å². The fourth-order valence-electron chi connectivity index (χ4n) is 2.41. The van der Waals surface area contributed by atoms with Crippen molar-refractivity contribution in [1.29, 1.82) is 0 Å². The Hall–Kier alpha value is -3.42. The first kappa shape index (κ1) is 16.9. The molecule has 2 rings (SSSR count). The van der Waals surface area contributed by atoms with Gasteiger partial charge in [-0.3, -0.25) is 0 Å². The van der Waals surface area contributed by atoms with Crippen LogP contribution in [0.5, 0.6) is 0 Å². The molecule has 0 radical (unpaired) electrons. The van der Waals surface area contributed by atoms with Gasteiger partial charge in [0.2, 0.25) is 0 Å². The highest BCUT2D eigenvalue weighted by molar-refractivity contribution is 6.22. The predicted molar refractivity (Wildman–Crippen MR) is 80.5 cm³/mol. The van der Waals surface area contributed by atoms with Gasteiger partial charge in [0.1, 0.15) is 0 Å². The lowest BCUT2D eigenvalue weighted by atomic mass is 9.91. The highest BCUT2D eigenvalue weighted by Gasteiger charge is 2.25. The first-order chi connectivity index (χ1) is 11.3. The number of carboxylic acid groups (broad SMARTS) is 2. The van der Waals surface area contributed by atoms with Gasteiger partial charge in [0.05, 0.1) is 36.5 Å². The van der Waals surface area contributed by atoms with Crippen LogP contribution in [0.25, 0.3) is 10.8 Å². The van der Waals surface area contributed by atoms with Crippen LogP contribution in [0.3, 0.4) is 0 Å². The van der Waals surface area contributed by atoms with E-state index in [0.29, 0.717) is 0 Å². The van der Waals surface area contributed by atoms with E-state index in [1.54, 1.807) is 0 Å². The summed E-state index contributed by atoms with van der Waals surface area (Å²) in [5.74, 6) is -4.49. The normalized spacial score (nSPS) is 10.2. The highest BCUT2D eigenvalue weighted by Crippen LogP contribution is 2.31. The first-order valence-corrected chi connectivity index (χ1v) is 6.56. The molecule has 8 heteroatoms. The summed E-state index contributed by atoms with van der Waals surface area (Å²) >= 11 is 0. The molecule has 0 aliphatic heterocycles. The third kappa shape index (κ3) is 2.65. The molecule has 0 fully saturated rings. The van der Waals surface area contributed by atoms with E-state index in [4.69, 9.17) is 0 Å². The average molecular weight is 332 g/mol. The quantitative estimate of drug-likeness (QED) is 0.811. The van der Waals surface area contributed by atoms with Crippen molar-refractivity contribution in [3.63, 3.8) is 0 Å². The zero-order valence-electron chi connectivity index (χ0n) is 12.7. The molecule has 2 aromatic rings. The molecule has 0 bridgehead atoms. The average Bonchev–Trinajstić information content (AvgIpc) is 2.57. The summed E-state index contributed by atoms with van der Waals surface area (Å²) in [6, 6.07) is 4.50. The number of hydrogen-bond acceptors (Lipinski definition) is 6. The summed E-state index contributed by atoms with van der Waals surface area (Å²) < 4.78 is 9.22. The molecule has 0 aliphatic rings. The van der Waals surface area contributed by atoms with Gasteiger partial charge in [-0.2, -0.15) is 0 Å². The molecule has 0 saturated carbocycles. The second-order valence-electron chi connectivity index (χ2n) is 4.66. The molecule has 0 saturated heterocycles. The number of aromatic carboxylic acids is 2. The van der Waals surface area contributed by atoms with Crippen LogP contribution in [0.4, 0.5) is 0 Å². The molecule has 0 heterocycles. The Balaban J connectivity index is 3.11. The van der Waals surface area contributed by atoms with Crippen molar-refractivity contribution >= 4 is 34.6 Å². The summed E-state index contributed by atoms with van der Waals surface area (Å²) in [6.45, 7) is 0. The number of rotatable bonds is 4. The molecule has 0 unspecified atom stereocenters. The lowest BCUT2D eigenvalue weighted by molar-refractivity contribution is 0.0589. The Bertz CT molecular complexity index is 809. The fraction of sp³-hybridized carbons (Fsp3) is 0.125. The smallest absolute Gasteiger partial charge is 0.338 e. The number of carboxylic acids is 2. The molecule has 0 spiro atoms. The molecular weight excluding hydrogens is 320 g/mol. The summed E-state index contributed by atoms with van der Waals surface area (Å²) in [5, 5.41) is 18.3. The minimum absolute atomic E-state index is 0.166. The van der Waals surface area contributed by atoms with Crippen molar-refractivity contribution in [1.82, 2.24) is 0 Å². The van der Waals surface area contributed by atoms with Crippen molar-refractivity contribution in [2.45, 2.75) is 0 Å². The van der Waals surface area contributed by atoms with Crippen LogP contribution in [-0.4, -0.2) is 48.3 Å². The molecule has 0 aliphatic carbocycles. The maximum Gasteiger partial charge on any atom is 0.338 e. The first-order valence-electron chi connectivity index (χ1n) is 6.56. The third-order valence-electron chi connectivity index (χ3n) is 3.43. The number of fused-ring (bicyclic) bond motifs is 1. The zero-order chi connectivity index (χ0) is 18.0. The molecule has 124 valence electrons. The highest BCUT2D eigenvalue weighted by atomic mass is 16.5. The lowest BCUT2D eigenvalue weighted by Crippen LogP contribution is -2.13. The molecular formula is C16H12O8. The molecule has 2 N–H and O–H groups in total. The van der Waals surface area contributed by atoms with Crippen LogP contribution in [0.15, 0.2) is 24.3 Å². The van der Waals surface area contributed by atoms with E-state index in [1.165, 1.54) is 12.1 Å². The number of esters is 2. The predicted octanol–water partition coefficient (Wildman–Crippen LogP) is 1.81. The zero-order valence-corrected chi connectivity index (χ0v) is 12.7. The summed E-state index contributed by atoms with van der Waals surface area (Å²) in [4.78, 5) is 46.9. The van der Waals surface area contributed by atoms with E-state index in [0.717, 1.165) is 26.4 Å². The number of methoxy groups -OCH3 is 2. The Labute approximate surface area is 135 Å². The van der Waals surface area contributed by atoms with Crippen molar-refractivity contribution in [3.05, 3.63) is 46.5 Å². The Kier molecular flexibility index (Phi) is 4.50. The fourth-order valence-corrected chi connectivity index (χ4v) is 2.41. The van der Waals surface area contributed by atoms with Crippen molar-refractivity contribution in [2.75, 3.05) is 14.2 Å². The van der Waals surface area contributed by atoms with Gasteiger partial charge in [0.25, 0.3) is 0 Å². The van der Waals surface area contributed by atoms with Gasteiger partial charge in [-0.1, -0.05) is 0 Å². The maximum absolute atomic E-state index is 12.0. The van der Waals surface area contributed by atoms with E-state index in [2.05, 4.69) is 9.47 Å². The number of carbonyl (C=O) groups is 4. The minimum atomic E-state index is -1.39. The van der Waals surface area contributed by atoms with Gasteiger partial charge in [-0.15, -0.1) is 0 Å². The topological polar surface area (TPSA) is 127 Å². The standard InChI is InChI=1S/C16H12O8/c1-23-15(21)9-5-6-10(16(22)24-2)12-8(14(19)20)4-3-7(11(9)12)13(17)18/h3-6H,1-2H3,(H,17,18)(H,19,20). The largest absolute Gasteiger partial charge is 0.478 e. The van der Waals surface area contributed by atoms with Crippen molar-refractivity contribution < 1.29 is 38.9 Å². The van der Waals surface area contributed by atoms with Gasteiger partial charge in [-0.25, -0.2) is 19.2 Å². The van der Waals surface area contributed by atoms with Gasteiger partial charge < -0.3 is 19.7 Å². The Morgan fingerprint density at radius 1 is 0.667 bits per heavy atom. The summed E-state index contributed by atoms with van der Waals surface area (Å²) in [7, 11) is 2.20. The van der Waals surface area contributed by atoms with Crippen LogP contribution in [0.1, 0.15) is 41.4 Å². The van der Waals surface area contributed by atoms with E-state index >= 15 is 0 Å². The molecule has 0 atom stereocenters. The molecule has 2 aromatic carbocycles. The van der Waals surface area contributed by atoms with E-state index in [9.17, 15) is 29.4 Å². The maximum atomic E-state index is 12.0. The van der Waals surface area contributed by atoms with Crippen molar-refractivity contribution in [3.8, 4) is 0 Å². The number of ether oxygens (including phenoxy) is 2. The Morgan fingerprint density at radius 3 is 1.21 bits per heavy atom. The van der Waals surface area contributed by atoms with E-state index < -0.39 is 23.9 Å². The van der Waals surface area contributed by atoms with Crippen LogP contribution < -0.4 is 0 Å². The van der Waals surface area contributed by atoms with E-state index in [-0.39, 0.29) is 33.0 Å². The van der Waals surface area contributed by atoms with Gasteiger partial charge >= 0.3 is 23.9 Å². The number of hydrogen-bond donors (Lipinski definition) is 2. The third-order valence-corrected chi connectivity index (χ3v) is 3.43. The Morgan fingerprint density at radius 2 is 0.958 bits per heavy atom. The monoisotopic (exact) mass is 332 g/mol. The van der Waals surface area contributed by atoms with Crippen LogP contribution in [0, 0.1) is 0 Å². The molecule has 0 amide bonds. The minimum Gasteiger partial charge on any atom is -0.478 e. The SMILES string of the molecule is COC(=O)c1ccc(C(=O)OC)c2c(C(=O)O)ccc(C(=O)O)c12. The van der Waals surface area contributed by atoms with Crippen molar-refractivity contribution in [2.24, 2.45) is 0 Å². The number of benzene rings is 2. The molecule has 24 heavy (non-hydrogen) atoms. The summed E-state index contributed by atoms with van der Waals surface area (Å²) in [5.41, 5.74) is -0.997. The molecule has 8 nitrogen and oxygen atoms in total.